The number of hydrogen-bond donors (Lipinski definition) is 1. The van der Waals surface area contributed by atoms with E-state index in [1.165, 1.54) is 11.8 Å². The third-order valence-corrected chi connectivity index (χ3v) is 4.15. The highest BCUT2D eigenvalue weighted by molar-refractivity contribution is 8.24. The van der Waals surface area contributed by atoms with E-state index in [4.69, 9.17) is 23.8 Å². The summed E-state index contributed by atoms with van der Waals surface area (Å²) in [5.41, 5.74) is 0. The van der Waals surface area contributed by atoms with E-state index in [9.17, 15) is 5.11 Å². The first-order chi connectivity index (χ1) is 7.42. The summed E-state index contributed by atoms with van der Waals surface area (Å²) in [6, 6.07) is 3.48. The molecule has 86 valence electrons. The van der Waals surface area contributed by atoms with Gasteiger partial charge in [0, 0.05) is 6.20 Å². The first-order valence-corrected chi connectivity index (χ1v) is 6.34. The lowest BCUT2D eigenvalue weighted by molar-refractivity contribution is 0.156. The van der Waals surface area contributed by atoms with E-state index in [2.05, 4.69) is 4.98 Å². The molecule has 1 N–H and O–H groups in total. The maximum Gasteiger partial charge on any atom is 0.148 e. The molecule has 16 heavy (non-hydrogen) atoms. The van der Waals surface area contributed by atoms with E-state index in [-0.39, 0.29) is 4.75 Å². The average molecular weight is 275 g/mol. The van der Waals surface area contributed by atoms with Crippen LogP contribution >= 0.6 is 35.6 Å². The molecule has 0 spiro atoms. The molecular formula is C10H11ClN2OS2. The van der Waals surface area contributed by atoms with Crippen molar-refractivity contribution in [3.05, 3.63) is 23.4 Å². The fourth-order valence-corrected chi connectivity index (χ4v) is 3.37. The van der Waals surface area contributed by atoms with Crippen molar-refractivity contribution in [3.63, 3.8) is 0 Å². The Labute approximate surface area is 109 Å². The SMILES string of the molecule is CC1(C)SC(=S)N(c2ccc(Cl)cn2)C1O. The Balaban J connectivity index is 2.35. The van der Waals surface area contributed by atoms with Crippen LogP contribution in [0.5, 0.6) is 0 Å². The fourth-order valence-electron chi connectivity index (χ4n) is 1.47. The second-order valence-electron chi connectivity index (χ2n) is 4.05. The van der Waals surface area contributed by atoms with Gasteiger partial charge in [-0.3, -0.25) is 4.90 Å². The Morgan fingerprint density at radius 2 is 2.25 bits per heavy atom. The first kappa shape index (κ1) is 12.1. The van der Waals surface area contributed by atoms with E-state index in [0.29, 0.717) is 15.2 Å². The minimum atomic E-state index is -0.668. The standard InChI is InChI=1S/C10H11ClN2OS2/c1-10(2)8(14)13(9(15)16-10)7-4-3-6(11)5-12-7/h3-5,8,14H,1-2H3. The zero-order valence-electron chi connectivity index (χ0n) is 8.85. The number of hydrogen-bond acceptors (Lipinski definition) is 4. The Bertz CT molecular complexity index is 421. The summed E-state index contributed by atoms with van der Waals surface area (Å²) in [6.45, 7) is 3.90. The van der Waals surface area contributed by atoms with Crippen LogP contribution in [-0.4, -0.2) is 25.4 Å². The summed E-state index contributed by atoms with van der Waals surface area (Å²) < 4.78 is 0.311. The summed E-state index contributed by atoms with van der Waals surface area (Å²) in [4.78, 5) is 5.81. The van der Waals surface area contributed by atoms with Gasteiger partial charge >= 0.3 is 0 Å². The molecule has 1 aromatic heterocycles. The lowest BCUT2D eigenvalue weighted by Gasteiger charge is -2.26. The number of anilines is 1. The number of aliphatic hydroxyl groups excluding tert-OH is 1. The van der Waals surface area contributed by atoms with Gasteiger partial charge in [-0.1, -0.05) is 35.6 Å². The number of aliphatic hydroxyl groups is 1. The van der Waals surface area contributed by atoms with Gasteiger partial charge in [-0.2, -0.15) is 0 Å². The summed E-state index contributed by atoms with van der Waals surface area (Å²) >= 11 is 12.5. The van der Waals surface area contributed by atoms with Crippen molar-refractivity contribution in [1.29, 1.82) is 0 Å². The van der Waals surface area contributed by atoms with E-state index in [0.717, 1.165) is 0 Å². The minimum absolute atomic E-state index is 0.321. The number of nitrogens with zero attached hydrogens (tertiary/aromatic N) is 2. The van der Waals surface area contributed by atoms with Gasteiger partial charge < -0.3 is 5.11 Å². The van der Waals surface area contributed by atoms with Gasteiger partial charge in [0.25, 0.3) is 0 Å². The van der Waals surface area contributed by atoms with Gasteiger partial charge in [-0.05, 0) is 26.0 Å². The third-order valence-electron chi connectivity index (χ3n) is 2.37. The number of halogens is 1. The molecule has 2 rings (SSSR count). The molecule has 2 heterocycles. The second-order valence-corrected chi connectivity index (χ2v) is 6.77. The van der Waals surface area contributed by atoms with Crippen LogP contribution in [0.4, 0.5) is 5.82 Å². The monoisotopic (exact) mass is 274 g/mol. The van der Waals surface area contributed by atoms with Crippen LogP contribution in [0.2, 0.25) is 5.02 Å². The van der Waals surface area contributed by atoms with Gasteiger partial charge in [0.15, 0.2) is 0 Å². The maximum absolute atomic E-state index is 10.2. The number of thiocarbonyl (C=S) groups is 1. The van der Waals surface area contributed by atoms with E-state index in [1.54, 1.807) is 23.2 Å². The van der Waals surface area contributed by atoms with Crippen molar-refractivity contribution in [2.75, 3.05) is 4.90 Å². The largest absolute Gasteiger partial charge is 0.372 e. The van der Waals surface area contributed by atoms with Crippen LogP contribution in [0.25, 0.3) is 0 Å². The lowest BCUT2D eigenvalue weighted by atomic mass is 10.1. The maximum atomic E-state index is 10.2. The summed E-state index contributed by atoms with van der Waals surface area (Å²) in [5, 5.41) is 10.7. The van der Waals surface area contributed by atoms with Crippen molar-refractivity contribution in [2.24, 2.45) is 0 Å². The van der Waals surface area contributed by atoms with Gasteiger partial charge in [-0.25, -0.2) is 4.98 Å². The summed E-state index contributed by atoms with van der Waals surface area (Å²) in [6.07, 6.45) is 0.876. The molecule has 1 saturated heterocycles. The van der Waals surface area contributed by atoms with Gasteiger partial charge in [0.05, 0.1) is 9.77 Å². The normalized spacial score (nSPS) is 23.9. The van der Waals surface area contributed by atoms with Gasteiger partial charge in [0.1, 0.15) is 16.4 Å². The number of thioether (sulfide) groups is 1. The Morgan fingerprint density at radius 1 is 1.56 bits per heavy atom. The third kappa shape index (κ3) is 2.05. The van der Waals surface area contributed by atoms with Crippen LogP contribution < -0.4 is 4.90 Å². The highest BCUT2D eigenvalue weighted by atomic mass is 35.5. The zero-order chi connectivity index (χ0) is 11.9. The van der Waals surface area contributed by atoms with Gasteiger partial charge in [-0.15, -0.1) is 0 Å². The second kappa shape index (κ2) is 4.14. The Kier molecular flexibility index (Phi) is 3.13. The first-order valence-electron chi connectivity index (χ1n) is 4.73. The molecular weight excluding hydrogens is 264 g/mol. The molecule has 0 saturated carbocycles. The van der Waals surface area contributed by atoms with Crippen molar-refractivity contribution >= 4 is 45.7 Å². The van der Waals surface area contributed by atoms with Crippen LogP contribution in [-0.2, 0) is 0 Å². The van der Waals surface area contributed by atoms with E-state index in [1.807, 2.05) is 13.8 Å². The molecule has 3 nitrogen and oxygen atoms in total. The topological polar surface area (TPSA) is 36.4 Å². The van der Waals surface area contributed by atoms with Crippen molar-refractivity contribution in [3.8, 4) is 0 Å². The highest BCUT2D eigenvalue weighted by Gasteiger charge is 2.44. The zero-order valence-corrected chi connectivity index (χ0v) is 11.2. The molecule has 0 radical (unpaired) electrons. The Hall–Kier alpha value is -0.360. The number of aromatic nitrogens is 1. The number of pyridine rings is 1. The van der Waals surface area contributed by atoms with E-state index >= 15 is 0 Å². The predicted molar refractivity (Wildman–Crippen MR) is 72.0 cm³/mol. The van der Waals surface area contributed by atoms with Crippen LogP contribution in [0.3, 0.4) is 0 Å². The summed E-state index contributed by atoms with van der Waals surface area (Å²) in [5.74, 6) is 0.625. The molecule has 1 fully saturated rings. The molecule has 0 aliphatic carbocycles. The molecule has 1 aromatic rings. The minimum Gasteiger partial charge on any atom is -0.372 e. The predicted octanol–water partition coefficient (Wildman–Crippen LogP) is 2.67. The van der Waals surface area contributed by atoms with Crippen LogP contribution in [0.15, 0.2) is 18.3 Å². The molecule has 1 unspecified atom stereocenters. The van der Waals surface area contributed by atoms with Crippen LogP contribution in [0.1, 0.15) is 13.8 Å². The van der Waals surface area contributed by atoms with Crippen LogP contribution in [0, 0.1) is 0 Å². The highest BCUT2D eigenvalue weighted by Crippen LogP contribution is 2.41. The summed E-state index contributed by atoms with van der Waals surface area (Å²) in [7, 11) is 0. The molecule has 0 bridgehead atoms. The van der Waals surface area contributed by atoms with Crippen molar-refractivity contribution < 1.29 is 5.11 Å². The smallest absolute Gasteiger partial charge is 0.148 e. The molecule has 1 aliphatic rings. The molecule has 0 aromatic carbocycles. The molecule has 6 heteroatoms. The lowest BCUT2D eigenvalue weighted by Crippen LogP contribution is -2.41. The van der Waals surface area contributed by atoms with Crippen molar-refractivity contribution in [1.82, 2.24) is 4.98 Å². The van der Waals surface area contributed by atoms with Crippen molar-refractivity contribution in [2.45, 2.75) is 24.8 Å². The molecule has 1 atom stereocenters. The molecule has 0 amide bonds. The van der Waals surface area contributed by atoms with E-state index < -0.39 is 6.23 Å². The average Bonchev–Trinajstić information content (AvgIpc) is 2.39. The number of rotatable bonds is 1. The Morgan fingerprint density at radius 3 is 2.69 bits per heavy atom. The quantitative estimate of drug-likeness (QED) is 0.797. The molecule has 1 aliphatic heterocycles. The fraction of sp³-hybridized carbons (Fsp3) is 0.400. The van der Waals surface area contributed by atoms with Gasteiger partial charge in [0.2, 0.25) is 0 Å².